The van der Waals surface area contributed by atoms with E-state index in [0.717, 1.165) is 41.3 Å². The minimum absolute atomic E-state index is 0.0550. The summed E-state index contributed by atoms with van der Waals surface area (Å²) < 4.78 is 11.2. The predicted molar refractivity (Wildman–Crippen MR) is 192 cm³/mol. The number of nitrogen functional groups attached to an aromatic ring is 1. The Morgan fingerprint density at radius 3 is 2.24 bits per heavy atom. The molecule has 2 aliphatic heterocycles. The Hall–Kier alpha value is -4.05. The number of ether oxygens (including phenoxy) is 1. The summed E-state index contributed by atoms with van der Waals surface area (Å²) in [6.45, 7) is 2.60. The van der Waals surface area contributed by atoms with Crippen LogP contribution in [0.3, 0.4) is 0 Å². The van der Waals surface area contributed by atoms with Crippen molar-refractivity contribution in [1.29, 1.82) is 0 Å². The van der Waals surface area contributed by atoms with Crippen molar-refractivity contribution in [3.8, 4) is 0 Å². The molecule has 0 bridgehead atoms. The molecule has 2 amide bonds. The van der Waals surface area contributed by atoms with Crippen LogP contribution in [0, 0.1) is 0 Å². The lowest BCUT2D eigenvalue weighted by Gasteiger charge is -2.50. The number of thioether (sulfide) groups is 1. The van der Waals surface area contributed by atoms with Crippen molar-refractivity contribution in [2.24, 2.45) is 5.16 Å². The summed E-state index contributed by atoms with van der Waals surface area (Å²) in [4.78, 5) is 60.4. The van der Waals surface area contributed by atoms with Gasteiger partial charge >= 0.3 is 5.97 Å². The fourth-order valence-corrected chi connectivity index (χ4v) is 7.81. The third-order valence-electron chi connectivity index (χ3n) is 8.80. The van der Waals surface area contributed by atoms with E-state index in [4.69, 9.17) is 15.3 Å². The molecule has 2 aliphatic rings. The molecule has 2 aromatic rings. The summed E-state index contributed by atoms with van der Waals surface area (Å²) in [6.07, 6.45) is 20.2. The van der Waals surface area contributed by atoms with Crippen LogP contribution in [0.4, 0.5) is 5.13 Å². The third kappa shape index (κ3) is 11.7. The average Bonchev–Trinajstić information content (AvgIpc) is 3.56. The van der Waals surface area contributed by atoms with Crippen molar-refractivity contribution < 1.29 is 38.4 Å². The van der Waals surface area contributed by atoms with Crippen molar-refractivity contribution in [3.05, 3.63) is 47.2 Å². The van der Waals surface area contributed by atoms with E-state index in [-0.39, 0.29) is 41.5 Å². The molecule has 0 radical (unpaired) electrons. The monoisotopic (exact) mass is 743 g/mol. The van der Waals surface area contributed by atoms with Gasteiger partial charge in [-0.15, -0.1) is 11.8 Å². The Bertz CT molecular complexity index is 1550. The van der Waals surface area contributed by atoms with Gasteiger partial charge in [0.05, 0.1) is 11.7 Å². The maximum absolute atomic E-state index is 13.1. The lowest BCUT2D eigenvalue weighted by Crippen LogP contribution is -2.71. The number of carboxylic acid groups (broad SMARTS) is 1. The number of unbranched alkanes of at least 4 members (excludes halogenated alkanes) is 12. The number of nitrogens with zero attached hydrogens (tertiary/aromatic N) is 5. The number of hydrogen-bond donors (Lipinski definition) is 2. The summed E-state index contributed by atoms with van der Waals surface area (Å²) in [7, 11) is 1.25. The Morgan fingerprint density at radius 1 is 1.04 bits per heavy atom. The highest BCUT2D eigenvalue weighted by molar-refractivity contribution is 8.00. The molecule has 1 unspecified atom stereocenters. The van der Waals surface area contributed by atoms with Gasteiger partial charge in [0.15, 0.2) is 24.1 Å². The van der Waals surface area contributed by atoms with E-state index in [1.54, 1.807) is 29.1 Å². The van der Waals surface area contributed by atoms with Gasteiger partial charge in [0.25, 0.3) is 11.8 Å². The zero-order valence-electron chi connectivity index (χ0n) is 29.5. The second-order valence-electron chi connectivity index (χ2n) is 12.7. The van der Waals surface area contributed by atoms with Crippen molar-refractivity contribution in [3.63, 3.8) is 0 Å². The molecule has 4 heterocycles. The molecule has 0 aromatic carbocycles. The van der Waals surface area contributed by atoms with Gasteiger partial charge in [-0.3, -0.25) is 19.3 Å². The van der Waals surface area contributed by atoms with E-state index in [1.807, 2.05) is 0 Å². The molecule has 3 N–H and O–H groups in total. The maximum Gasteiger partial charge on any atom is 0.306 e. The smallest absolute Gasteiger partial charge is 0.306 e. The van der Waals surface area contributed by atoms with E-state index in [2.05, 4.69) is 26.8 Å². The summed E-state index contributed by atoms with van der Waals surface area (Å²) in [6, 6.07) is 2.61. The van der Waals surface area contributed by atoms with Crippen LogP contribution in [0.25, 0.3) is 0 Å². The summed E-state index contributed by atoms with van der Waals surface area (Å²) in [5.74, 6) is -2.82. The van der Waals surface area contributed by atoms with E-state index >= 15 is 0 Å². The number of β-lactam (4-membered cyclic amide) rings is 1. The summed E-state index contributed by atoms with van der Waals surface area (Å²) in [5, 5.41) is 18.0. The highest BCUT2D eigenvalue weighted by Crippen LogP contribution is 2.40. The largest absolute Gasteiger partial charge is 0.543 e. The zero-order chi connectivity index (χ0) is 36.6. The minimum atomic E-state index is -1.48. The molecule has 51 heavy (non-hydrogen) atoms. The van der Waals surface area contributed by atoms with E-state index < -0.39 is 29.2 Å². The first kappa shape index (κ1) is 39.7. The number of carbonyl (C=O) groups is 4. The number of rotatable bonds is 23. The molecule has 0 spiro atoms. The molecule has 16 heteroatoms. The van der Waals surface area contributed by atoms with Crippen LogP contribution in [0.2, 0.25) is 0 Å². The molecule has 1 fully saturated rings. The van der Waals surface area contributed by atoms with Gasteiger partial charge in [-0.2, -0.15) is 9.36 Å². The highest BCUT2D eigenvalue weighted by atomic mass is 32.2. The van der Waals surface area contributed by atoms with Crippen molar-refractivity contribution in [2.75, 3.05) is 18.6 Å². The molecule has 0 aliphatic carbocycles. The number of carboxylic acids is 1. The second-order valence-corrected chi connectivity index (χ2v) is 14.6. The van der Waals surface area contributed by atoms with Crippen LogP contribution in [0.15, 0.2) is 41.0 Å². The number of pyridine rings is 1. The van der Waals surface area contributed by atoms with E-state index in [9.17, 15) is 24.3 Å². The average molecular weight is 744 g/mol. The lowest BCUT2D eigenvalue weighted by atomic mass is 10.0. The van der Waals surface area contributed by atoms with Crippen LogP contribution in [-0.4, -0.2) is 68.0 Å². The Balaban J connectivity index is 1.18. The minimum Gasteiger partial charge on any atom is -0.543 e. The molecule has 0 saturated carbocycles. The van der Waals surface area contributed by atoms with Gasteiger partial charge in [-0.05, 0) is 6.42 Å². The number of amides is 2. The number of aromatic nitrogens is 3. The SMILES string of the molecule is CCCCCCCCCCCCCCCC(=O)OCc1cc[n+](CC2=C(C(=O)[O-])N3C(=O)C(NC(=O)C(=NOC)c4nsc(N)n4)[C@H]3SC2)cc1. The molecule has 2 atom stereocenters. The number of nitrogens with one attached hydrogen (secondary N) is 1. The number of anilines is 1. The van der Waals surface area contributed by atoms with Gasteiger partial charge in [0.1, 0.15) is 25.1 Å². The van der Waals surface area contributed by atoms with Gasteiger partial charge in [0.2, 0.25) is 11.5 Å². The first-order chi connectivity index (χ1) is 24.7. The van der Waals surface area contributed by atoms with Gasteiger partial charge in [-0.25, -0.2) is 4.57 Å². The highest BCUT2D eigenvalue weighted by Gasteiger charge is 2.53. The van der Waals surface area contributed by atoms with Crippen LogP contribution < -0.4 is 20.7 Å². The first-order valence-electron chi connectivity index (χ1n) is 17.8. The van der Waals surface area contributed by atoms with E-state index in [0.29, 0.717) is 17.7 Å². The number of nitrogens with two attached hydrogens (primary N) is 1. The van der Waals surface area contributed by atoms with Crippen LogP contribution in [0.1, 0.15) is 108 Å². The molecule has 2 aromatic heterocycles. The number of carbonyl (C=O) groups excluding carboxylic acids is 4. The van der Waals surface area contributed by atoms with Gasteiger partial charge < -0.3 is 30.5 Å². The number of oxime groups is 1. The fourth-order valence-electron chi connectivity index (χ4n) is 6.04. The van der Waals surface area contributed by atoms with Crippen molar-refractivity contribution in [2.45, 2.75) is 121 Å². The quantitative estimate of drug-likeness (QED) is 0.0423. The summed E-state index contributed by atoms with van der Waals surface area (Å²) in [5.41, 5.74) is 6.43. The molecule has 278 valence electrons. The molecule has 4 rings (SSSR count). The standard InChI is InChI=1S/C35H49N7O7S2/c1-3-4-5-6-7-8-9-10-11-12-13-14-15-16-26(43)49-22-24-17-19-41(20-18-24)21-25-23-50-33-28(32(45)42(33)29(25)34(46)47)37-31(44)27(39-48-2)30-38-35(36)51-40-30/h17-20,28,33H,3-16,21-23H2,1-2H3,(H3-,36,37,38,40,44,46,47)/t28?,33-/m1/s1. The molecular formula is C35H49N7O7S2. The first-order valence-corrected chi connectivity index (χ1v) is 19.6. The molecule has 14 nitrogen and oxygen atoms in total. The fraction of sp³-hybridized carbons (Fsp3) is 0.600. The second kappa shape index (κ2) is 20.7. The van der Waals surface area contributed by atoms with Crippen LogP contribution >= 0.6 is 23.3 Å². The molecule has 1 saturated heterocycles. The Morgan fingerprint density at radius 2 is 1.67 bits per heavy atom. The summed E-state index contributed by atoms with van der Waals surface area (Å²) >= 11 is 2.19. The number of fused-ring (bicyclic) bond motifs is 1. The maximum atomic E-state index is 13.1. The van der Waals surface area contributed by atoms with Crippen molar-refractivity contribution >= 4 is 57.9 Å². The van der Waals surface area contributed by atoms with Gasteiger partial charge in [0, 0.05) is 47.0 Å². The Kier molecular flexibility index (Phi) is 16.1. The molecular weight excluding hydrogens is 695 g/mol. The zero-order valence-corrected chi connectivity index (χ0v) is 31.1. The van der Waals surface area contributed by atoms with E-state index in [1.165, 1.54) is 83.1 Å². The third-order valence-corrected chi connectivity index (χ3v) is 10.7. The van der Waals surface area contributed by atoms with Crippen molar-refractivity contribution in [1.82, 2.24) is 19.6 Å². The Labute approximate surface area is 307 Å². The lowest BCUT2D eigenvalue weighted by molar-refractivity contribution is -0.689. The topological polar surface area (TPSA) is 193 Å². The number of aliphatic carboxylic acids is 1. The number of hydrogen-bond acceptors (Lipinski definition) is 13. The van der Waals surface area contributed by atoms with Crippen LogP contribution in [0.5, 0.6) is 0 Å². The predicted octanol–water partition coefficient (Wildman–Crippen LogP) is 3.39. The normalized spacial score (nSPS) is 17.2. The van der Waals surface area contributed by atoms with Gasteiger partial charge in [-0.1, -0.05) is 89.1 Å². The van der Waals surface area contributed by atoms with Crippen LogP contribution in [-0.2, 0) is 41.9 Å². The number of esters is 1.